The van der Waals surface area contributed by atoms with Gasteiger partial charge in [-0.1, -0.05) is 45.4 Å². The fourth-order valence-corrected chi connectivity index (χ4v) is 3.33. The van der Waals surface area contributed by atoms with Gasteiger partial charge in [-0.25, -0.2) is 0 Å². The molecule has 0 saturated carbocycles. The molecule has 0 amide bonds. The Morgan fingerprint density at radius 3 is 1.80 bits per heavy atom. The SMILES string of the molecule is CCCCCCCCC(CCCNCN)C(OCC)(OCC)OCC. The van der Waals surface area contributed by atoms with Gasteiger partial charge in [0.2, 0.25) is 0 Å². The molecule has 0 radical (unpaired) electrons. The number of ether oxygens (including phenoxy) is 3. The lowest BCUT2D eigenvalue weighted by atomic mass is 9.92. The predicted molar refractivity (Wildman–Crippen MR) is 105 cm³/mol. The van der Waals surface area contributed by atoms with Gasteiger partial charge in [0.15, 0.2) is 0 Å². The summed E-state index contributed by atoms with van der Waals surface area (Å²) < 4.78 is 18.1. The average molecular weight is 361 g/mol. The topological polar surface area (TPSA) is 65.7 Å². The molecule has 1 unspecified atom stereocenters. The van der Waals surface area contributed by atoms with Gasteiger partial charge in [-0.2, -0.15) is 0 Å². The summed E-state index contributed by atoms with van der Waals surface area (Å²) >= 11 is 0. The summed E-state index contributed by atoms with van der Waals surface area (Å²) in [5, 5.41) is 3.20. The van der Waals surface area contributed by atoms with E-state index in [1.807, 2.05) is 20.8 Å². The fourth-order valence-electron chi connectivity index (χ4n) is 3.33. The van der Waals surface area contributed by atoms with Crippen LogP contribution in [0.2, 0.25) is 0 Å². The van der Waals surface area contributed by atoms with E-state index in [1.165, 1.54) is 38.5 Å². The zero-order valence-electron chi connectivity index (χ0n) is 17.3. The van der Waals surface area contributed by atoms with Crippen molar-refractivity contribution < 1.29 is 14.2 Å². The van der Waals surface area contributed by atoms with Gasteiger partial charge >= 0.3 is 0 Å². The lowest BCUT2D eigenvalue weighted by Crippen LogP contribution is -2.47. The first-order valence-corrected chi connectivity index (χ1v) is 10.5. The van der Waals surface area contributed by atoms with Gasteiger partial charge < -0.3 is 25.3 Å². The summed E-state index contributed by atoms with van der Waals surface area (Å²) in [5.41, 5.74) is 5.53. The largest absolute Gasteiger partial charge is 0.328 e. The second-order valence-corrected chi connectivity index (χ2v) is 6.50. The molecule has 0 fully saturated rings. The van der Waals surface area contributed by atoms with Gasteiger partial charge in [0.1, 0.15) is 0 Å². The van der Waals surface area contributed by atoms with Crippen molar-refractivity contribution in [3.63, 3.8) is 0 Å². The molecule has 0 aliphatic carbocycles. The molecule has 0 heterocycles. The molecule has 5 nitrogen and oxygen atoms in total. The van der Waals surface area contributed by atoms with E-state index in [-0.39, 0.29) is 5.92 Å². The summed E-state index contributed by atoms with van der Waals surface area (Å²) in [4.78, 5) is 0. The van der Waals surface area contributed by atoms with E-state index in [9.17, 15) is 0 Å². The van der Waals surface area contributed by atoms with Crippen molar-refractivity contribution in [2.24, 2.45) is 11.7 Å². The maximum Gasteiger partial charge on any atom is 0.285 e. The van der Waals surface area contributed by atoms with Crippen molar-refractivity contribution in [1.82, 2.24) is 5.32 Å². The summed E-state index contributed by atoms with van der Waals surface area (Å²) in [6.45, 7) is 11.5. The third kappa shape index (κ3) is 11.2. The van der Waals surface area contributed by atoms with Crippen LogP contribution in [0.25, 0.3) is 0 Å². The highest BCUT2D eigenvalue weighted by Gasteiger charge is 2.41. The van der Waals surface area contributed by atoms with Crippen molar-refractivity contribution in [1.29, 1.82) is 0 Å². The van der Waals surface area contributed by atoms with E-state index in [0.29, 0.717) is 26.5 Å². The van der Waals surface area contributed by atoms with Crippen LogP contribution in [0, 0.1) is 5.92 Å². The van der Waals surface area contributed by atoms with Crippen LogP contribution in [-0.2, 0) is 14.2 Å². The summed E-state index contributed by atoms with van der Waals surface area (Å²) in [6, 6.07) is 0. The molecule has 0 aromatic carbocycles. The highest BCUT2D eigenvalue weighted by Crippen LogP contribution is 2.34. The van der Waals surface area contributed by atoms with E-state index in [2.05, 4.69) is 12.2 Å². The lowest BCUT2D eigenvalue weighted by molar-refractivity contribution is -0.403. The second-order valence-electron chi connectivity index (χ2n) is 6.50. The minimum atomic E-state index is -0.898. The lowest BCUT2D eigenvalue weighted by Gasteiger charge is -2.39. The van der Waals surface area contributed by atoms with Gasteiger partial charge in [0.25, 0.3) is 5.97 Å². The molecule has 25 heavy (non-hydrogen) atoms. The first-order chi connectivity index (χ1) is 12.2. The van der Waals surface area contributed by atoms with Crippen LogP contribution in [0.4, 0.5) is 0 Å². The average Bonchev–Trinajstić information content (AvgIpc) is 2.60. The highest BCUT2D eigenvalue weighted by atomic mass is 16.9. The summed E-state index contributed by atoms with van der Waals surface area (Å²) in [6.07, 6.45) is 10.9. The second kappa shape index (κ2) is 17.2. The fraction of sp³-hybridized carbons (Fsp3) is 1.00. The number of rotatable bonds is 19. The number of unbranched alkanes of at least 4 members (excludes halogenated alkanes) is 5. The Labute approximate surface area is 156 Å². The minimum Gasteiger partial charge on any atom is -0.328 e. The van der Waals surface area contributed by atoms with Gasteiger partial charge in [-0.3, -0.25) is 0 Å². The normalized spacial score (nSPS) is 13.3. The van der Waals surface area contributed by atoms with Gasteiger partial charge in [0, 0.05) is 32.4 Å². The minimum absolute atomic E-state index is 0.248. The number of hydrogen-bond acceptors (Lipinski definition) is 5. The van der Waals surface area contributed by atoms with Crippen molar-refractivity contribution in [2.45, 2.75) is 91.5 Å². The third-order valence-electron chi connectivity index (χ3n) is 4.49. The quantitative estimate of drug-likeness (QED) is 0.264. The predicted octanol–water partition coefficient (Wildman–Crippen LogP) is 4.40. The molecule has 3 N–H and O–H groups in total. The maximum absolute atomic E-state index is 6.04. The van der Waals surface area contributed by atoms with E-state index in [4.69, 9.17) is 19.9 Å². The van der Waals surface area contributed by atoms with Gasteiger partial charge in [0.05, 0.1) is 0 Å². The Kier molecular flexibility index (Phi) is 17.1. The Morgan fingerprint density at radius 1 is 0.760 bits per heavy atom. The molecular weight excluding hydrogens is 316 g/mol. The Bertz CT molecular complexity index is 261. The van der Waals surface area contributed by atoms with Crippen LogP contribution >= 0.6 is 0 Å². The van der Waals surface area contributed by atoms with Crippen molar-refractivity contribution >= 4 is 0 Å². The number of nitrogens with two attached hydrogens (primary N) is 1. The standard InChI is InChI=1S/C20H44N2O3/c1-5-9-10-11-12-13-15-19(16-14-17-22-18-21)20(23-6-2,24-7-3)25-8-4/h19,22H,5-18,21H2,1-4H3. The van der Waals surface area contributed by atoms with Gasteiger partial charge in [-0.05, 0) is 46.6 Å². The van der Waals surface area contributed by atoms with E-state index < -0.39 is 5.97 Å². The summed E-state index contributed by atoms with van der Waals surface area (Å²) in [5.74, 6) is -0.650. The van der Waals surface area contributed by atoms with Crippen LogP contribution in [-0.4, -0.2) is 39.0 Å². The van der Waals surface area contributed by atoms with Crippen molar-refractivity contribution in [2.75, 3.05) is 33.0 Å². The highest BCUT2D eigenvalue weighted by molar-refractivity contribution is 4.73. The molecule has 0 saturated heterocycles. The van der Waals surface area contributed by atoms with Crippen LogP contribution in [0.3, 0.4) is 0 Å². The zero-order valence-corrected chi connectivity index (χ0v) is 17.3. The van der Waals surface area contributed by atoms with Crippen LogP contribution < -0.4 is 11.1 Å². The molecular formula is C20H44N2O3. The van der Waals surface area contributed by atoms with Crippen LogP contribution in [0.15, 0.2) is 0 Å². The number of hydrogen-bond donors (Lipinski definition) is 2. The molecule has 0 aliphatic heterocycles. The monoisotopic (exact) mass is 360 g/mol. The molecule has 0 spiro atoms. The Morgan fingerprint density at radius 2 is 1.28 bits per heavy atom. The van der Waals surface area contributed by atoms with E-state index in [1.54, 1.807) is 0 Å². The molecule has 0 rings (SSSR count). The first kappa shape index (κ1) is 24.8. The summed E-state index contributed by atoms with van der Waals surface area (Å²) in [7, 11) is 0. The van der Waals surface area contributed by atoms with Crippen LogP contribution in [0.5, 0.6) is 0 Å². The molecule has 0 bridgehead atoms. The van der Waals surface area contributed by atoms with Crippen LogP contribution in [0.1, 0.15) is 85.5 Å². The Balaban J connectivity index is 4.75. The zero-order chi connectivity index (χ0) is 18.8. The Hall–Kier alpha value is -0.200. The van der Waals surface area contributed by atoms with Crippen molar-refractivity contribution in [3.05, 3.63) is 0 Å². The maximum atomic E-state index is 6.04. The molecule has 152 valence electrons. The smallest absolute Gasteiger partial charge is 0.285 e. The van der Waals surface area contributed by atoms with Crippen molar-refractivity contribution in [3.8, 4) is 0 Å². The molecule has 0 aromatic heterocycles. The van der Waals surface area contributed by atoms with Gasteiger partial charge in [-0.15, -0.1) is 0 Å². The van der Waals surface area contributed by atoms with E-state index >= 15 is 0 Å². The molecule has 0 aromatic rings. The third-order valence-corrected chi connectivity index (χ3v) is 4.49. The molecule has 1 atom stereocenters. The number of nitrogens with one attached hydrogen (secondary N) is 1. The molecule has 0 aliphatic rings. The van der Waals surface area contributed by atoms with E-state index in [0.717, 1.165) is 25.8 Å². The first-order valence-electron chi connectivity index (χ1n) is 10.5. The molecule has 5 heteroatoms.